The average molecular weight is 261 g/mol. The van der Waals surface area contributed by atoms with E-state index >= 15 is 0 Å². The van der Waals surface area contributed by atoms with Gasteiger partial charge in [0.1, 0.15) is 12.9 Å². The van der Waals surface area contributed by atoms with Crippen LogP contribution in [0.5, 0.6) is 0 Å². The maximum Gasteiger partial charge on any atom is 0.345 e. The van der Waals surface area contributed by atoms with E-state index in [0.29, 0.717) is 11.4 Å². The van der Waals surface area contributed by atoms with Gasteiger partial charge in [-0.1, -0.05) is 0 Å². The highest BCUT2D eigenvalue weighted by Crippen LogP contribution is 2.14. The summed E-state index contributed by atoms with van der Waals surface area (Å²) < 4.78 is 2.44. The molecule has 0 bridgehead atoms. The number of amides is 1. The molecule has 0 atom stereocenters. The number of nitrogens with zero attached hydrogens (tertiary/aromatic N) is 4. The lowest BCUT2D eigenvalue weighted by Gasteiger charge is -2.17. The minimum Gasteiger partial charge on any atom is -0.399 e. The molecule has 0 saturated carbocycles. The van der Waals surface area contributed by atoms with Gasteiger partial charge in [-0.15, -0.1) is 0 Å². The van der Waals surface area contributed by atoms with E-state index in [0.717, 1.165) is 4.68 Å². The molecule has 1 heterocycles. The Bertz CT molecular complexity index is 641. The summed E-state index contributed by atoms with van der Waals surface area (Å²) in [5.74, 6) is -0.231. The van der Waals surface area contributed by atoms with Crippen molar-refractivity contribution in [2.45, 2.75) is 6.54 Å². The lowest BCUT2D eigenvalue weighted by Crippen LogP contribution is -2.34. The monoisotopic (exact) mass is 261 g/mol. The maximum atomic E-state index is 12.0. The van der Waals surface area contributed by atoms with E-state index in [1.807, 2.05) is 0 Å². The van der Waals surface area contributed by atoms with Gasteiger partial charge in [0.05, 0.1) is 0 Å². The van der Waals surface area contributed by atoms with E-state index in [-0.39, 0.29) is 18.1 Å². The van der Waals surface area contributed by atoms with E-state index in [9.17, 15) is 9.59 Å². The number of aryl methyl sites for hydroxylation is 1. The topological polar surface area (TPSA) is 86.2 Å². The highest BCUT2D eigenvalue weighted by atomic mass is 16.2. The van der Waals surface area contributed by atoms with Crippen LogP contribution in [0.1, 0.15) is 0 Å². The van der Waals surface area contributed by atoms with Crippen LogP contribution >= 0.6 is 0 Å². The summed E-state index contributed by atoms with van der Waals surface area (Å²) in [5, 5.41) is 3.85. The number of benzene rings is 1. The number of carbonyl (C=O) groups excluding carboxylic acids is 1. The number of anilines is 2. The molecule has 0 fully saturated rings. The molecular weight excluding hydrogens is 246 g/mol. The zero-order valence-corrected chi connectivity index (χ0v) is 10.8. The second-order valence-corrected chi connectivity index (χ2v) is 4.23. The summed E-state index contributed by atoms with van der Waals surface area (Å²) in [4.78, 5) is 25.1. The molecule has 19 heavy (non-hydrogen) atoms. The van der Waals surface area contributed by atoms with Gasteiger partial charge in [0, 0.05) is 25.5 Å². The molecule has 0 spiro atoms. The molecule has 1 amide bonds. The van der Waals surface area contributed by atoms with E-state index < -0.39 is 0 Å². The molecule has 0 saturated heterocycles. The lowest BCUT2D eigenvalue weighted by atomic mass is 10.2. The molecule has 2 aromatic rings. The van der Waals surface area contributed by atoms with Crippen molar-refractivity contribution in [3.8, 4) is 0 Å². The Morgan fingerprint density at radius 1 is 1.37 bits per heavy atom. The van der Waals surface area contributed by atoms with Crippen molar-refractivity contribution in [1.82, 2.24) is 14.3 Å². The molecule has 0 radical (unpaired) electrons. The normalized spacial score (nSPS) is 10.4. The summed E-state index contributed by atoms with van der Waals surface area (Å²) in [6, 6.07) is 6.92. The highest BCUT2D eigenvalue weighted by molar-refractivity contribution is 5.92. The second kappa shape index (κ2) is 4.97. The van der Waals surface area contributed by atoms with Crippen molar-refractivity contribution in [2.24, 2.45) is 7.05 Å². The molecule has 0 aliphatic heterocycles. The van der Waals surface area contributed by atoms with Crippen LogP contribution in [0.3, 0.4) is 0 Å². The first kappa shape index (κ1) is 12.9. The number of aromatic nitrogens is 3. The number of rotatable bonds is 3. The van der Waals surface area contributed by atoms with E-state index in [4.69, 9.17) is 5.73 Å². The van der Waals surface area contributed by atoms with E-state index in [1.165, 1.54) is 15.8 Å². The summed E-state index contributed by atoms with van der Waals surface area (Å²) >= 11 is 0. The van der Waals surface area contributed by atoms with Crippen LogP contribution in [0.2, 0.25) is 0 Å². The Hall–Kier alpha value is -2.57. The third-order valence-corrected chi connectivity index (χ3v) is 2.83. The van der Waals surface area contributed by atoms with Gasteiger partial charge in [-0.2, -0.15) is 5.10 Å². The SMILES string of the molecule is CN(C(=O)Cn1ncn(C)c1=O)c1ccc(N)cc1. The van der Waals surface area contributed by atoms with Gasteiger partial charge in [-0.25, -0.2) is 9.48 Å². The van der Waals surface area contributed by atoms with Gasteiger partial charge in [-0.05, 0) is 24.3 Å². The molecule has 1 aromatic carbocycles. The largest absolute Gasteiger partial charge is 0.399 e. The molecule has 7 nitrogen and oxygen atoms in total. The fourth-order valence-electron chi connectivity index (χ4n) is 1.61. The molecule has 0 aliphatic rings. The van der Waals surface area contributed by atoms with Crippen molar-refractivity contribution in [1.29, 1.82) is 0 Å². The lowest BCUT2D eigenvalue weighted by molar-refractivity contribution is -0.119. The van der Waals surface area contributed by atoms with Crippen LogP contribution in [0, 0.1) is 0 Å². The number of hydrogen-bond acceptors (Lipinski definition) is 4. The molecule has 2 rings (SSSR count). The van der Waals surface area contributed by atoms with Gasteiger partial charge < -0.3 is 10.6 Å². The Morgan fingerprint density at radius 3 is 2.53 bits per heavy atom. The van der Waals surface area contributed by atoms with E-state index in [2.05, 4.69) is 5.10 Å². The van der Waals surface area contributed by atoms with Gasteiger partial charge >= 0.3 is 5.69 Å². The van der Waals surface area contributed by atoms with Crippen LogP contribution in [0.4, 0.5) is 11.4 Å². The Balaban J connectivity index is 2.14. The Labute approximate surface area is 109 Å². The predicted octanol–water partition coefficient (Wildman–Crippen LogP) is -0.173. The quantitative estimate of drug-likeness (QED) is 0.777. The van der Waals surface area contributed by atoms with Crippen LogP contribution in [0.25, 0.3) is 0 Å². The molecule has 1 aromatic heterocycles. The highest BCUT2D eigenvalue weighted by Gasteiger charge is 2.13. The van der Waals surface area contributed by atoms with Gasteiger partial charge in [0.25, 0.3) is 0 Å². The van der Waals surface area contributed by atoms with E-state index in [1.54, 1.807) is 38.4 Å². The first-order chi connectivity index (χ1) is 8.99. The summed E-state index contributed by atoms with van der Waals surface area (Å²) in [6.07, 6.45) is 1.37. The number of nitrogens with two attached hydrogens (primary N) is 1. The summed E-state index contributed by atoms with van der Waals surface area (Å²) in [6.45, 7) is -0.0967. The summed E-state index contributed by atoms with van der Waals surface area (Å²) in [7, 11) is 3.22. The van der Waals surface area contributed by atoms with Crippen molar-refractivity contribution < 1.29 is 4.79 Å². The van der Waals surface area contributed by atoms with Crippen molar-refractivity contribution in [2.75, 3.05) is 17.7 Å². The maximum absolute atomic E-state index is 12.0. The van der Waals surface area contributed by atoms with Crippen molar-refractivity contribution >= 4 is 17.3 Å². The zero-order chi connectivity index (χ0) is 14.0. The average Bonchev–Trinajstić information content (AvgIpc) is 2.71. The van der Waals surface area contributed by atoms with Crippen molar-refractivity contribution in [3.05, 3.63) is 41.1 Å². The summed E-state index contributed by atoms with van der Waals surface area (Å²) in [5.41, 5.74) is 6.61. The van der Waals surface area contributed by atoms with Gasteiger partial charge in [0.15, 0.2) is 0 Å². The number of nitrogen functional groups attached to an aromatic ring is 1. The van der Waals surface area contributed by atoms with Crippen LogP contribution in [0.15, 0.2) is 35.4 Å². The second-order valence-electron chi connectivity index (χ2n) is 4.23. The molecule has 0 aliphatic carbocycles. The third kappa shape index (κ3) is 2.65. The van der Waals surface area contributed by atoms with Crippen molar-refractivity contribution in [3.63, 3.8) is 0 Å². The third-order valence-electron chi connectivity index (χ3n) is 2.83. The molecular formula is C12H15N5O2. The molecule has 100 valence electrons. The van der Waals surface area contributed by atoms with Crippen LogP contribution in [-0.2, 0) is 18.4 Å². The number of likely N-dealkylation sites (N-methyl/N-ethyl adjacent to an activating group) is 1. The Morgan fingerprint density at radius 2 is 2.00 bits per heavy atom. The first-order valence-corrected chi connectivity index (χ1v) is 5.69. The zero-order valence-electron chi connectivity index (χ0n) is 10.8. The number of carbonyl (C=O) groups is 1. The first-order valence-electron chi connectivity index (χ1n) is 5.69. The van der Waals surface area contributed by atoms with Gasteiger partial charge in [-0.3, -0.25) is 9.36 Å². The van der Waals surface area contributed by atoms with Crippen LogP contribution < -0.4 is 16.3 Å². The Kier molecular flexibility index (Phi) is 3.37. The minimum atomic E-state index is -0.320. The smallest absolute Gasteiger partial charge is 0.345 e. The minimum absolute atomic E-state index is 0.0967. The van der Waals surface area contributed by atoms with Gasteiger partial charge in [0.2, 0.25) is 5.91 Å². The number of hydrogen-bond donors (Lipinski definition) is 1. The van der Waals surface area contributed by atoms with Crippen LogP contribution in [-0.4, -0.2) is 27.3 Å². The fraction of sp³-hybridized carbons (Fsp3) is 0.250. The molecule has 2 N–H and O–H groups in total. The molecule has 0 unspecified atom stereocenters. The standard InChI is InChI=1S/C12H15N5O2/c1-15-8-14-17(12(15)19)7-11(18)16(2)10-5-3-9(13)4-6-10/h3-6,8H,7,13H2,1-2H3. The fourth-order valence-corrected chi connectivity index (χ4v) is 1.61. The molecule has 7 heteroatoms. The predicted molar refractivity (Wildman–Crippen MR) is 71.7 cm³/mol.